The van der Waals surface area contributed by atoms with E-state index in [4.69, 9.17) is 9.47 Å². The quantitative estimate of drug-likeness (QED) is 0.903. The van der Waals surface area contributed by atoms with Crippen molar-refractivity contribution in [1.82, 2.24) is 20.0 Å². The minimum atomic E-state index is -0.441. The zero-order valence-corrected chi connectivity index (χ0v) is 15.9. The summed E-state index contributed by atoms with van der Waals surface area (Å²) in [6.07, 6.45) is 3.92. The molecule has 2 aliphatic heterocycles. The molecular formula is C18H30N4O3. The summed E-state index contributed by atoms with van der Waals surface area (Å²) in [5.41, 5.74) is 0.533. The first-order chi connectivity index (χ1) is 11.8. The maximum absolute atomic E-state index is 12.5. The van der Waals surface area contributed by atoms with Gasteiger partial charge in [-0.25, -0.2) is 9.48 Å². The Hall–Kier alpha value is -1.76. The van der Waals surface area contributed by atoms with Crippen molar-refractivity contribution < 1.29 is 14.3 Å². The van der Waals surface area contributed by atoms with E-state index in [0.717, 1.165) is 37.3 Å². The number of hydrogen-bond acceptors (Lipinski definition) is 5. The summed E-state index contributed by atoms with van der Waals surface area (Å²) >= 11 is 0. The highest BCUT2D eigenvalue weighted by molar-refractivity contribution is 5.69. The van der Waals surface area contributed by atoms with E-state index in [1.54, 1.807) is 11.8 Å². The van der Waals surface area contributed by atoms with Crippen LogP contribution in [0.4, 0.5) is 4.79 Å². The predicted octanol–water partition coefficient (Wildman–Crippen LogP) is 2.45. The van der Waals surface area contributed by atoms with Crippen molar-refractivity contribution in [2.45, 2.75) is 76.7 Å². The number of ether oxygens (including phenoxy) is 2. The van der Waals surface area contributed by atoms with Crippen LogP contribution in [0.1, 0.15) is 52.1 Å². The lowest BCUT2D eigenvalue weighted by atomic mass is 9.97. The molecule has 2 atom stereocenters. The number of rotatable bonds is 4. The van der Waals surface area contributed by atoms with Gasteiger partial charge in [0.1, 0.15) is 5.60 Å². The predicted molar refractivity (Wildman–Crippen MR) is 94.5 cm³/mol. The Bertz CT molecular complexity index is 608. The van der Waals surface area contributed by atoms with E-state index in [1.807, 2.05) is 38.8 Å². The van der Waals surface area contributed by atoms with E-state index in [9.17, 15) is 4.79 Å². The van der Waals surface area contributed by atoms with Gasteiger partial charge in [-0.1, -0.05) is 0 Å². The summed E-state index contributed by atoms with van der Waals surface area (Å²) in [7, 11) is 3.53. The number of carbonyl (C=O) groups excluding carboxylic acids is 1. The molecule has 0 aliphatic carbocycles. The van der Waals surface area contributed by atoms with Crippen LogP contribution < -0.4 is 10.1 Å². The van der Waals surface area contributed by atoms with Crippen LogP contribution in [-0.4, -0.2) is 51.6 Å². The Morgan fingerprint density at radius 3 is 2.48 bits per heavy atom. The van der Waals surface area contributed by atoms with Gasteiger partial charge in [0, 0.05) is 37.8 Å². The maximum Gasteiger partial charge on any atom is 0.410 e. The molecule has 1 N–H and O–H groups in total. The molecule has 2 bridgehead atoms. The lowest BCUT2D eigenvalue weighted by molar-refractivity contribution is 0.00464. The second-order valence-electron chi connectivity index (χ2n) is 8.12. The van der Waals surface area contributed by atoms with E-state index in [0.29, 0.717) is 12.6 Å². The van der Waals surface area contributed by atoms with Crippen LogP contribution >= 0.6 is 0 Å². The number of aryl methyl sites for hydroxylation is 1. The molecule has 1 aromatic heterocycles. The van der Waals surface area contributed by atoms with Gasteiger partial charge in [0.2, 0.25) is 5.88 Å². The van der Waals surface area contributed by atoms with Crippen molar-refractivity contribution in [2.24, 2.45) is 7.05 Å². The van der Waals surface area contributed by atoms with Gasteiger partial charge in [-0.15, -0.1) is 0 Å². The van der Waals surface area contributed by atoms with Crippen LogP contribution in [0.3, 0.4) is 0 Å². The minimum Gasteiger partial charge on any atom is -0.481 e. The van der Waals surface area contributed by atoms with Gasteiger partial charge < -0.3 is 19.7 Å². The standard InChI is InChI=1S/C18H30N4O3/c1-18(2,3)25-17(23)22-14-6-7-15(22)9-12(8-14)19-11-13-10-16(24-5)21(4)20-13/h10,12,14-15,19H,6-9,11H2,1-5H3. The number of methoxy groups -OCH3 is 1. The van der Waals surface area contributed by atoms with E-state index in [2.05, 4.69) is 10.4 Å². The Morgan fingerprint density at radius 1 is 1.32 bits per heavy atom. The fourth-order valence-corrected chi connectivity index (χ4v) is 3.99. The molecular weight excluding hydrogens is 320 g/mol. The Morgan fingerprint density at radius 2 is 1.96 bits per heavy atom. The molecule has 0 saturated carbocycles. The topological polar surface area (TPSA) is 68.6 Å². The third-order valence-corrected chi connectivity index (χ3v) is 5.01. The van der Waals surface area contributed by atoms with Crippen LogP contribution in [0.15, 0.2) is 6.07 Å². The van der Waals surface area contributed by atoms with Crippen molar-refractivity contribution in [3.63, 3.8) is 0 Å². The third kappa shape index (κ3) is 4.08. The Kier molecular flexibility index (Phi) is 4.95. The molecule has 1 aromatic rings. The fourth-order valence-electron chi connectivity index (χ4n) is 3.99. The summed E-state index contributed by atoms with van der Waals surface area (Å²) in [4.78, 5) is 14.5. The average Bonchev–Trinajstić information content (AvgIpc) is 3.01. The smallest absolute Gasteiger partial charge is 0.410 e. The van der Waals surface area contributed by atoms with Crippen LogP contribution in [0, 0.1) is 0 Å². The highest BCUT2D eigenvalue weighted by Crippen LogP contribution is 2.36. The number of carbonyl (C=O) groups is 1. The lowest BCUT2D eigenvalue weighted by Gasteiger charge is -2.39. The number of nitrogens with one attached hydrogen (secondary N) is 1. The monoisotopic (exact) mass is 350 g/mol. The van der Waals surface area contributed by atoms with Crippen molar-refractivity contribution in [3.8, 4) is 5.88 Å². The average molecular weight is 350 g/mol. The van der Waals surface area contributed by atoms with Crippen molar-refractivity contribution in [1.29, 1.82) is 0 Å². The Balaban J connectivity index is 1.55. The van der Waals surface area contributed by atoms with Crippen molar-refractivity contribution >= 4 is 6.09 Å². The second-order valence-corrected chi connectivity index (χ2v) is 8.12. The van der Waals surface area contributed by atoms with E-state index in [-0.39, 0.29) is 18.2 Å². The number of aromatic nitrogens is 2. The van der Waals surface area contributed by atoms with Gasteiger partial charge in [0.05, 0.1) is 12.8 Å². The highest BCUT2D eigenvalue weighted by Gasteiger charge is 2.44. The number of hydrogen-bond donors (Lipinski definition) is 1. The van der Waals surface area contributed by atoms with Gasteiger partial charge in [-0.05, 0) is 46.5 Å². The minimum absolute atomic E-state index is 0.159. The molecule has 2 fully saturated rings. The molecule has 3 heterocycles. The van der Waals surface area contributed by atoms with Gasteiger partial charge in [-0.2, -0.15) is 5.10 Å². The zero-order chi connectivity index (χ0) is 18.2. The van der Waals surface area contributed by atoms with Gasteiger partial charge in [0.25, 0.3) is 0 Å². The van der Waals surface area contributed by atoms with E-state index in [1.165, 1.54) is 0 Å². The maximum atomic E-state index is 12.5. The molecule has 7 nitrogen and oxygen atoms in total. The van der Waals surface area contributed by atoms with Crippen LogP contribution in [0.2, 0.25) is 0 Å². The zero-order valence-electron chi connectivity index (χ0n) is 15.9. The van der Waals surface area contributed by atoms with Gasteiger partial charge in [-0.3, -0.25) is 0 Å². The first-order valence-electron chi connectivity index (χ1n) is 9.08. The molecule has 2 unspecified atom stereocenters. The summed E-state index contributed by atoms with van der Waals surface area (Å²) in [5, 5.41) is 8.05. The van der Waals surface area contributed by atoms with Crippen molar-refractivity contribution in [2.75, 3.05) is 7.11 Å². The summed E-state index contributed by atoms with van der Waals surface area (Å²) in [5.74, 6) is 0.761. The first-order valence-corrected chi connectivity index (χ1v) is 9.08. The van der Waals surface area contributed by atoms with E-state index < -0.39 is 5.60 Å². The van der Waals surface area contributed by atoms with Gasteiger partial charge in [0.15, 0.2) is 0 Å². The largest absolute Gasteiger partial charge is 0.481 e. The summed E-state index contributed by atoms with van der Waals surface area (Å²) in [6.45, 7) is 6.47. The molecule has 3 rings (SSSR count). The number of amides is 1. The van der Waals surface area contributed by atoms with Crippen LogP contribution in [0.25, 0.3) is 0 Å². The summed E-state index contributed by atoms with van der Waals surface area (Å²) < 4.78 is 12.6. The molecule has 25 heavy (non-hydrogen) atoms. The normalized spacial score (nSPS) is 26.0. The summed E-state index contributed by atoms with van der Waals surface area (Å²) in [6, 6.07) is 2.93. The van der Waals surface area contributed by atoms with Crippen LogP contribution in [0.5, 0.6) is 5.88 Å². The molecule has 0 spiro atoms. The number of nitrogens with zero attached hydrogens (tertiary/aromatic N) is 3. The molecule has 7 heteroatoms. The lowest BCUT2D eigenvalue weighted by Crippen LogP contribution is -2.52. The van der Waals surface area contributed by atoms with Gasteiger partial charge >= 0.3 is 6.09 Å². The SMILES string of the molecule is COc1cc(CNC2CC3CCC(C2)N3C(=O)OC(C)(C)C)nn1C. The fraction of sp³-hybridized carbons (Fsp3) is 0.778. The molecule has 1 amide bonds. The first kappa shape index (κ1) is 18.0. The molecule has 140 valence electrons. The highest BCUT2D eigenvalue weighted by atomic mass is 16.6. The Labute approximate surface area is 149 Å². The molecule has 0 radical (unpaired) electrons. The number of fused-ring (bicyclic) bond motifs is 2. The van der Waals surface area contributed by atoms with E-state index >= 15 is 0 Å². The molecule has 0 aromatic carbocycles. The molecule has 2 aliphatic rings. The van der Waals surface area contributed by atoms with Crippen LogP contribution in [-0.2, 0) is 18.3 Å². The van der Waals surface area contributed by atoms with Crippen molar-refractivity contribution in [3.05, 3.63) is 11.8 Å². The third-order valence-electron chi connectivity index (χ3n) is 5.01. The second kappa shape index (κ2) is 6.86. The number of piperidine rings is 1. The molecule has 2 saturated heterocycles.